The fourth-order valence-electron chi connectivity index (χ4n) is 2.17. The van der Waals surface area contributed by atoms with Crippen LogP contribution in [0.15, 0.2) is 45.9 Å². The molecule has 1 amide bonds. The predicted molar refractivity (Wildman–Crippen MR) is 90.7 cm³/mol. The molecule has 3 rings (SSSR count). The molecule has 5 nitrogen and oxygen atoms in total. The average molecular weight is 424 g/mol. The Morgan fingerprint density at radius 1 is 1.23 bits per heavy atom. The molecule has 0 saturated heterocycles. The molecular weight excluding hydrogens is 412 g/mol. The summed E-state index contributed by atoms with van der Waals surface area (Å²) in [5, 5.41) is 2.85. The fourth-order valence-corrected chi connectivity index (χ4v) is 3.10. The number of carbonyl (C=O) groups is 1. The van der Waals surface area contributed by atoms with Gasteiger partial charge in [0.15, 0.2) is 0 Å². The third-order valence-corrected chi connectivity index (χ3v) is 4.02. The van der Waals surface area contributed by atoms with Crippen LogP contribution in [0.1, 0.15) is 21.6 Å². The summed E-state index contributed by atoms with van der Waals surface area (Å²) in [6.07, 6.45) is 7.02. The summed E-state index contributed by atoms with van der Waals surface area (Å²) in [5.74, 6) is -0.177. The minimum absolute atomic E-state index is 0.177. The Morgan fingerprint density at radius 2 is 2.05 bits per heavy atom. The average Bonchev–Trinajstić information content (AvgIpc) is 2.88. The van der Waals surface area contributed by atoms with Gasteiger partial charge in [0.05, 0.1) is 17.8 Å². The maximum Gasteiger partial charge on any atom is 0.253 e. The van der Waals surface area contributed by atoms with E-state index < -0.39 is 0 Å². The van der Waals surface area contributed by atoms with Crippen LogP contribution in [-0.4, -0.2) is 20.3 Å². The number of imidazole rings is 1. The first kappa shape index (κ1) is 15.2. The number of nitrogens with one attached hydrogen (secondary N) is 1. The number of carbonyl (C=O) groups excluding carboxylic acids is 1. The molecule has 0 bridgehead atoms. The number of hydrogen-bond donors (Lipinski definition) is 1. The molecule has 7 heteroatoms. The summed E-state index contributed by atoms with van der Waals surface area (Å²) < 4.78 is 3.71. The molecule has 3 aromatic rings. The van der Waals surface area contributed by atoms with Gasteiger partial charge in [-0.3, -0.25) is 9.78 Å². The van der Waals surface area contributed by atoms with Gasteiger partial charge in [0.25, 0.3) is 5.91 Å². The smallest absolute Gasteiger partial charge is 0.253 e. The normalized spacial score (nSPS) is 10.9. The monoisotopic (exact) mass is 422 g/mol. The maximum atomic E-state index is 12.1. The lowest BCUT2D eigenvalue weighted by Crippen LogP contribution is -2.23. The molecule has 0 unspecified atom stereocenters. The summed E-state index contributed by atoms with van der Waals surface area (Å²) in [5.41, 5.74) is 3.27. The number of amides is 1. The zero-order valence-corrected chi connectivity index (χ0v) is 14.8. The topological polar surface area (TPSA) is 59.3 Å². The first-order chi connectivity index (χ1) is 10.5. The van der Waals surface area contributed by atoms with Crippen LogP contribution >= 0.6 is 31.9 Å². The molecular formula is C15H12Br2N4O. The summed E-state index contributed by atoms with van der Waals surface area (Å²) >= 11 is 6.76. The van der Waals surface area contributed by atoms with Gasteiger partial charge < -0.3 is 9.72 Å². The molecule has 0 aromatic carbocycles. The largest absolute Gasteiger partial charge is 0.346 e. The van der Waals surface area contributed by atoms with E-state index in [2.05, 4.69) is 47.1 Å². The van der Waals surface area contributed by atoms with Crippen LogP contribution in [0.25, 0.3) is 5.65 Å². The number of hydrogen-bond acceptors (Lipinski definition) is 3. The fraction of sp³-hybridized carbons (Fsp3) is 0.133. The van der Waals surface area contributed by atoms with Crippen molar-refractivity contribution in [3.63, 3.8) is 0 Å². The molecule has 0 aliphatic rings. The van der Waals surface area contributed by atoms with Gasteiger partial charge in [-0.15, -0.1) is 0 Å². The van der Waals surface area contributed by atoms with Gasteiger partial charge >= 0.3 is 0 Å². The molecule has 3 aromatic heterocycles. The van der Waals surface area contributed by atoms with Gasteiger partial charge in [0.2, 0.25) is 0 Å². The van der Waals surface area contributed by atoms with Crippen molar-refractivity contribution >= 4 is 43.4 Å². The lowest BCUT2D eigenvalue weighted by Gasteiger charge is -2.02. The van der Waals surface area contributed by atoms with Crippen molar-refractivity contribution in [1.82, 2.24) is 19.7 Å². The van der Waals surface area contributed by atoms with E-state index in [0.29, 0.717) is 12.1 Å². The summed E-state index contributed by atoms with van der Waals surface area (Å²) in [4.78, 5) is 20.6. The van der Waals surface area contributed by atoms with Gasteiger partial charge in [-0.1, -0.05) is 0 Å². The first-order valence-electron chi connectivity index (χ1n) is 6.55. The highest BCUT2D eigenvalue weighted by Gasteiger charge is 2.09. The quantitative estimate of drug-likeness (QED) is 0.701. The van der Waals surface area contributed by atoms with Crippen LogP contribution in [0.4, 0.5) is 0 Å². The Balaban J connectivity index is 1.76. The summed E-state index contributed by atoms with van der Waals surface area (Å²) in [7, 11) is 0. The molecule has 0 spiro atoms. The molecule has 0 radical (unpaired) electrons. The molecule has 0 saturated carbocycles. The SMILES string of the molecule is Cc1cc(Br)cn2cc(CNC(=O)c3cncc(Br)c3)nc12. The lowest BCUT2D eigenvalue weighted by atomic mass is 10.2. The third-order valence-electron chi connectivity index (χ3n) is 3.15. The second-order valence-corrected chi connectivity index (χ2v) is 6.71. The molecule has 3 heterocycles. The molecule has 1 N–H and O–H groups in total. The lowest BCUT2D eigenvalue weighted by molar-refractivity contribution is 0.0950. The van der Waals surface area contributed by atoms with Gasteiger partial charge in [0.1, 0.15) is 5.65 Å². The van der Waals surface area contributed by atoms with Gasteiger partial charge in [-0.05, 0) is 56.5 Å². The zero-order valence-electron chi connectivity index (χ0n) is 11.7. The highest BCUT2D eigenvalue weighted by molar-refractivity contribution is 9.10. The Hall–Kier alpha value is -1.73. The second-order valence-electron chi connectivity index (χ2n) is 4.88. The molecule has 22 heavy (non-hydrogen) atoms. The zero-order chi connectivity index (χ0) is 15.7. The van der Waals surface area contributed by atoms with Crippen LogP contribution in [0.3, 0.4) is 0 Å². The van der Waals surface area contributed by atoms with Crippen molar-refractivity contribution in [2.75, 3.05) is 0 Å². The van der Waals surface area contributed by atoms with E-state index >= 15 is 0 Å². The number of aryl methyl sites for hydroxylation is 1. The Labute approximate surface area is 144 Å². The number of halogens is 2. The Kier molecular flexibility index (Phi) is 4.26. The van der Waals surface area contributed by atoms with E-state index in [9.17, 15) is 4.79 Å². The Bertz CT molecular complexity index is 860. The van der Waals surface area contributed by atoms with Gasteiger partial charge in [-0.2, -0.15) is 0 Å². The van der Waals surface area contributed by atoms with E-state index in [1.165, 1.54) is 6.20 Å². The second kappa shape index (κ2) is 6.18. The van der Waals surface area contributed by atoms with Gasteiger partial charge in [-0.25, -0.2) is 4.98 Å². The number of aromatic nitrogens is 3. The van der Waals surface area contributed by atoms with E-state index in [1.54, 1.807) is 12.3 Å². The summed E-state index contributed by atoms with van der Waals surface area (Å²) in [6.45, 7) is 2.37. The van der Waals surface area contributed by atoms with Crippen molar-refractivity contribution in [2.24, 2.45) is 0 Å². The molecule has 0 aliphatic carbocycles. The number of nitrogens with zero attached hydrogens (tertiary/aromatic N) is 3. The van der Waals surface area contributed by atoms with Crippen molar-refractivity contribution < 1.29 is 4.79 Å². The highest BCUT2D eigenvalue weighted by atomic mass is 79.9. The van der Waals surface area contributed by atoms with E-state index in [4.69, 9.17) is 0 Å². The Morgan fingerprint density at radius 3 is 2.82 bits per heavy atom. The van der Waals surface area contributed by atoms with E-state index in [0.717, 1.165) is 25.8 Å². The van der Waals surface area contributed by atoms with Gasteiger partial charge in [0, 0.05) is 33.7 Å². The van der Waals surface area contributed by atoms with E-state index in [-0.39, 0.29) is 5.91 Å². The molecule has 112 valence electrons. The van der Waals surface area contributed by atoms with Crippen LogP contribution in [0.5, 0.6) is 0 Å². The van der Waals surface area contributed by atoms with Crippen molar-refractivity contribution in [3.8, 4) is 0 Å². The molecule has 0 aliphatic heterocycles. The number of pyridine rings is 2. The van der Waals surface area contributed by atoms with Crippen molar-refractivity contribution in [3.05, 3.63) is 62.7 Å². The third kappa shape index (κ3) is 3.20. The number of rotatable bonds is 3. The summed E-state index contributed by atoms with van der Waals surface area (Å²) in [6, 6.07) is 3.74. The van der Waals surface area contributed by atoms with E-state index in [1.807, 2.05) is 29.8 Å². The first-order valence-corrected chi connectivity index (χ1v) is 8.14. The minimum atomic E-state index is -0.177. The van der Waals surface area contributed by atoms with Crippen LogP contribution < -0.4 is 5.32 Å². The van der Waals surface area contributed by atoms with Crippen molar-refractivity contribution in [2.45, 2.75) is 13.5 Å². The predicted octanol–water partition coefficient (Wildman–Crippen LogP) is 3.49. The highest BCUT2D eigenvalue weighted by Crippen LogP contribution is 2.17. The maximum absolute atomic E-state index is 12.1. The minimum Gasteiger partial charge on any atom is -0.346 e. The standard InChI is InChI=1S/C15H12Br2N4O/c1-9-2-12(17)7-21-8-13(20-14(9)21)6-19-15(22)10-3-11(16)5-18-4-10/h2-5,7-8H,6H2,1H3,(H,19,22). The number of fused-ring (bicyclic) bond motifs is 1. The van der Waals surface area contributed by atoms with Crippen LogP contribution in [-0.2, 0) is 6.54 Å². The van der Waals surface area contributed by atoms with Crippen LogP contribution in [0, 0.1) is 6.92 Å². The molecule has 0 atom stereocenters. The van der Waals surface area contributed by atoms with Crippen LogP contribution in [0.2, 0.25) is 0 Å². The van der Waals surface area contributed by atoms with Crippen molar-refractivity contribution in [1.29, 1.82) is 0 Å². The molecule has 0 fully saturated rings.